The van der Waals surface area contributed by atoms with Gasteiger partial charge in [-0.3, -0.25) is 4.99 Å². The number of hydrogen-bond acceptors (Lipinski definition) is 3. The van der Waals surface area contributed by atoms with Crippen LogP contribution < -0.4 is 5.14 Å². The van der Waals surface area contributed by atoms with Gasteiger partial charge in [0.2, 0.25) is 10.0 Å². The molecule has 0 bridgehead atoms. The van der Waals surface area contributed by atoms with Crippen molar-refractivity contribution >= 4 is 21.9 Å². The molecule has 2 aromatic carbocycles. The first-order valence-corrected chi connectivity index (χ1v) is 8.30. The van der Waals surface area contributed by atoms with Gasteiger partial charge < -0.3 is 0 Å². The van der Waals surface area contributed by atoms with Gasteiger partial charge in [-0.05, 0) is 60.2 Å². The van der Waals surface area contributed by atoms with E-state index in [9.17, 15) is 8.42 Å². The molecule has 0 radical (unpaired) electrons. The van der Waals surface area contributed by atoms with Crippen LogP contribution >= 0.6 is 0 Å². The van der Waals surface area contributed by atoms with Crippen molar-refractivity contribution in [1.82, 2.24) is 0 Å². The second-order valence-electron chi connectivity index (χ2n) is 5.17. The minimum atomic E-state index is -3.70. The molecule has 0 spiro atoms. The van der Waals surface area contributed by atoms with E-state index in [-0.39, 0.29) is 4.90 Å². The number of sulfonamides is 1. The molecule has 1 heterocycles. The summed E-state index contributed by atoms with van der Waals surface area (Å²) in [6.45, 7) is 1.78. The third-order valence-electron chi connectivity index (χ3n) is 3.75. The van der Waals surface area contributed by atoms with Crippen LogP contribution in [0.15, 0.2) is 46.3 Å². The van der Waals surface area contributed by atoms with Crippen LogP contribution in [0.5, 0.6) is 0 Å². The SMILES string of the molecule is Cc1c(-c2ccc3c(c2)CCC=N3)cccc1S(N)(=O)=O. The van der Waals surface area contributed by atoms with E-state index in [1.54, 1.807) is 13.0 Å². The van der Waals surface area contributed by atoms with Gasteiger partial charge in [0, 0.05) is 6.21 Å². The molecule has 4 nitrogen and oxygen atoms in total. The molecule has 0 saturated heterocycles. The molecular formula is C16H16N2O2S. The summed E-state index contributed by atoms with van der Waals surface area (Å²) in [7, 11) is -3.70. The molecule has 1 aliphatic heterocycles. The number of nitrogens with two attached hydrogens (primary N) is 1. The Labute approximate surface area is 124 Å². The van der Waals surface area contributed by atoms with Crippen LogP contribution in [0.2, 0.25) is 0 Å². The van der Waals surface area contributed by atoms with E-state index in [0.717, 1.165) is 29.7 Å². The monoisotopic (exact) mass is 300 g/mol. The van der Waals surface area contributed by atoms with E-state index in [4.69, 9.17) is 5.14 Å². The van der Waals surface area contributed by atoms with E-state index in [1.807, 2.05) is 24.4 Å². The van der Waals surface area contributed by atoms with Crippen LogP contribution in [-0.4, -0.2) is 14.6 Å². The fourth-order valence-corrected chi connectivity index (χ4v) is 3.50. The maximum Gasteiger partial charge on any atom is 0.238 e. The lowest BCUT2D eigenvalue weighted by Gasteiger charge is -2.14. The first-order valence-electron chi connectivity index (χ1n) is 6.75. The molecule has 2 N–H and O–H groups in total. The van der Waals surface area contributed by atoms with Gasteiger partial charge in [0.25, 0.3) is 0 Å². The Kier molecular flexibility index (Phi) is 3.39. The van der Waals surface area contributed by atoms with Crippen molar-refractivity contribution in [2.24, 2.45) is 10.1 Å². The van der Waals surface area contributed by atoms with E-state index >= 15 is 0 Å². The second-order valence-corrected chi connectivity index (χ2v) is 6.70. The average Bonchev–Trinajstić information content (AvgIpc) is 2.46. The third-order valence-corrected chi connectivity index (χ3v) is 4.81. The zero-order valence-electron chi connectivity index (χ0n) is 11.7. The smallest absolute Gasteiger partial charge is 0.238 e. The van der Waals surface area contributed by atoms with Crippen molar-refractivity contribution in [3.8, 4) is 11.1 Å². The highest BCUT2D eigenvalue weighted by Gasteiger charge is 2.15. The number of aryl methyl sites for hydroxylation is 1. The van der Waals surface area contributed by atoms with Gasteiger partial charge in [-0.15, -0.1) is 0 Å². The topological polar surface area (TPSA) is 72.5 Å². The highest BCUT2D eigenvalue weighted by molar-refractivity contribution is 7.89. The molecule has 1 aliphatic rings. The Balaban J connectivity index is 2.16. The summed E-state index contributed by atoms with van der Waals surface area (Å²) >= 11 is 0. The fraction of sp³-hybridized carbons (Fsp3) is 0.188. The number of rotatable bonds is 2. The number of fused-ring (bicyclic) bond motifs is 1. The molecule has 0 aromatic heterocycles. The van der Waals surface area contributed by atoms with Crippen LogP contribution in [0.3, 0.4) is 0 Å². The molecule has 0 saturated carbocycles. The first kappa shape index (κ1) is 14.0. The Morgan fingerprint density at radius 3 is 2.76 bits per heavy atom. The summed E-state index contributed by atoms with van der Waals surface area (Å²) in [5.41, 5.74) is 4.74. The minimum absolute atomic E-state index is 0.177. The van der Waals surface area contributed by atoms with Gasteiger partial charge in [-0.1, -0.05) is 18.2 Å². The fourth-order valence-electron chi connectivity index (χ4n) is 2.70. The van der Waals surface area contributed by atoms with Crippen molar-refractivity contribution in [3.05, 3.63) is 47.5 Å². The molecule has 0 atom stereocenters. The summed E-state index contributed by atoms with van der Waals surface area (Å²) < 4.78 is 23.3. The van der Waals surface area contributed by atoms with Gasteiger partial charge in [0.15, 0.2) is 0 Å². The van der Waals surface area contributed by atoms with Gasteiger partial charge in [-0.2, -0.15) is 0 Å². The summed E-state index contributed by atoms with van der Waals surface area (Å²) in [4.78, 5) is 4.54. The molecule has 21 heavy (non-hydrogen) atoms. The maximum atomic E-state index is 11.6. The summed E-state index contributed by atoms with van der Waals surface area (Å²) in [5, 5.41) is 5.27. The van der Waals surface area contributed by atoms with Crippen LogP contribution in [0.25, 0.3) is 11.1 Å². The normalized spacial score (nSPS) is 14.0. The second kappa shape index (κ2) is 5.09. The van der Waals surface area contributed by atoms with Crippen LogP contribution in [0.4, 0.5) is 5.69 Å². The number of benzene rings is 2. The standard InChI is InChI=1S/C16H16N2O2S/c1-11-14(5-2-6-16(11)21(17,19)20)12-7-8-15-13(10-12)4-3-9-18-15/h2,5-10H,3-4H2,1H3,(H2,17,19,20). The Morgan fingerprint density at radius 1 is 1.19 bits per heavy atom. The van der Waals surface area contributed by atoms with Crippen molar-refractivity contribution in [1.29, 1.82) is 0 Å². The first-order chi connectivity index (χ1) is 9.97. The molecule has 108 valence electrons. The molecule has 0 amide bonds. The van der Waals surface area contributed by atoms with Crippen LogP contribution in [0, 0.1) is 6.92 Å². The lowest BCUT2D eigenvalue weighted by atomic mass is 9.96. The number of aliphatic imine (C=N–C) groups is 1. The van der Waals surface area contributed by atoms with E-state index in [0.29, 0.717) is 5.56 Å². The van der Waals surface area contributed by atoms with E-state index in [2.05, 4.69) is 11.1 Å². The zero-order chi connectivity index (χ0) is 15.0. The van der Waals surface area contributed by atoms with Gasteiger partial charge in [0.05, 0.1) is 10.6 Å². The van der Waals surface area contributed by atoms with E-state index in [1.165, 1.54) is 11.6 Å². The maximum absolute atomic E-state index is 11.6. The molecule has 2 aromatic rings. The predicted octanol–water partition coefficient (Wildman–Crippen LogP) is 2.96. The van der Waals surface area contributed by atoms with Crippen molar-refractivity contribution in [2.45, 2.75) is 24.7 Å². The van der Waals surface area contributed by atoms with Crippen LogP contribution in [0.1, 0.15) is 17.5 Å². The zero-order valence-corrected chi connectivity index (χ0v) is 12.5. The number of hydrogen-bond donors (Lipinski definition) is 1. The Bertz CT molecular complexity index is 839. The lowest BCUT2D eigenvalue weighted by Crippen LogP contribution is -2.13. The molecule has 5 heteroatoms. The summed E-state index contributed by atoms with van der Waals surface area (Å²) in [6.07, 6.45) is 3.82. The van der Waals surface area contributed by atoms with Gasteiger partial charge >= 0.3 is 0 Å². The average molecular weight is 300 g/mol. The van der Waals surface area contributed by atoms with Crippen molar-refractivity contribution in [3.63, 3.8) is 0 Å². The van der Waals surface area contributed by atoms with Crippen molar-refractivity contribution < 1.29 is 8.42 Å². The Hall–Kier alpha value is -1.98. The molecule has 3 rings (SSSR count). The molecule has 0 unspecified atom stereocenters. The number of primary sulfonamides is 1. The summed E-state index contributed by atoms with van der Waals surface area (Å²) in [5.74, 6) is 0. The highest BCUT2D eigenvalue weighted by Crippen LogP contribution is 2.32. The molecule has 0 aliphatic carbocycles. The lowest BCUT2D eigenvalue weighted by molar-refractivity contribution is 0.597. The predicted molar refractivity (Wildman–Crippen MR) is 84.5 cm³/mol. The number of nitrogens with zero attached hydrogens (tertiary/aromatic N) is 1. The van der Waals surface area contributed by atoms with Gasteiger partial charge in [0.1, 0.15) is 0 Å². The third kappa shape index (κ3) is 2.62. The Morgan fingerprint density at radius 2 is 2.00 bits per heavy atom. The van der Waals surface area contributed by atoms with E-state index < -0.39 is 10.0 Å². The minimum Gasteiger partial charge on any atom is -0.261 e. The van der Waals surface area contributed by atoms with Crippen LogP contribution in [-0.2, 0) is 16.4 Å². The van der Waals surface area contributed by atoms with Gasteiger partial charge in [-0.25, -0.2) is 13.6 Å². The highest BCUT2D eigenvalue weighted by atomic mass is 32.2. The van der Waals surface area contributed by atoms with Crippen molar-refractivity contribution in [2.75, 3.05) is 0 Å². The largest absolute Gasteiger partial charge is 0.261 e. The summed E-state index contributed by atoms with van der Waals surface area (Å²) in [6, 6.07) is 11.2. The molecule has 0 fully saturated rings. The quantitative estimate of drug-likeness (QED) is 0.926. The molecular weight excluding hydrogens is 284 g/mol.